The van der Waals surface area contributed by atoms with E-state index >= 15 is 0 Å². The third-order valence-corrected chi connectivity index (χ3v) is 4.29. The highest BCUT2D eigenvalue weighted by molar-refractivity contribution is 5.94. The molecule has 23 heavy (non-hydrogen) atoms. The van der Waals surface area contributed by atoms with E-state index in [-0.39, 0.29) is 0 Å². The van der Waals surface area contributed by atoms with E-state index in [0.29, 0.717) is 0 Å². The summed E-state index contributed by atoms with van der Waals surface area (Å²) < 4.78 is 0. The molecule has 0 aliphatic carbocycles. The third-order valence-electron chi connectivity index (χ3n) is 4.29. The number of hydrogen-bond acceptors (Lipinski definition) is 2. The van der Waals surface area contributed by atoms with Gasteiger partial charge in [-0.15, -0.1) is 0 Å². The maximum Gasteiger partial charge on any atom is 0.0443 e. The van der Waals surface area contributed by atoms with E-state index in [2.05, 4.69) is 96.7 Å². The fraction of sp³-hybridized carbons (Fsp3) is 0.238. The number of fused-ring (bicyclic) bond motifs is 1. The number of nitrogens with zero attached hydrogens (tertiary/aromatic N) is 2. The highest BCUT2D eigenvalue weighted by atomic mass is 15.2. The van der Waals surface area contributed by atoms with Gasteiger partial charge < -0.3 is 9.80 Å². The van der Waals surface area contributed by atoms with E-state index < -0.39 is 0 Å². The molecule has 0 bridgehead atoms. The Morgan fingerprint density at radius 1 is 0.696 bits per heavy atom. The van der Waals surface area contributed by atoms with Crippen molar-refractivity contribution in [3.05, 3.63) is 78.4 Å². The lowest BCUT2D eigenvalue weighted by atomic mass is 10.1. The van der Waals surface area contributed by atoms with Crippen molar-refractivity contribution in [3.63, 3.8) is 0 Å². The molecule has 3 aromatic rings. The molecule has 2 heteroatoms. The van der Waals surface area contributed by atoms with E-state index in [1.165, 1.54) is 22.0 Å². The van der Waals surface area contributed by atoms with Crippen molar-refractivity contribution < 1.29 is 0 Å². The van der Waals surface area contributed by atoms with Crippen LogP contribution >= 0.6 is 0 Å². The molecule has 3 aromatic carbocycles. The highest BCUT2D eigenvalue weighted by Crippen LogP contribution is 2.25. The van der Waals surface area contributed by atoms with Crippen LogP contribution in [0.15, 0.2) is 72.8 Å². The SMILES string of the molecule is CN(CCN(C)c1cccc2ccccc12)Cc1ccccc1. The zero-order valence-corrected chi connectivity index (χ0v) is 13.9. The van der Waals surface area contributed by atoms with E-state index in [9.17, 15) is 0 Å². The maximum absolute atomic E-state index is 2.37. The van der Waals surface area contributed by atoms with Crippen molar-refractivity contribution in [2.45, 2.75) is 6.54 Å². The molecule has 3 rings (SSSR count). The van der Waals surface area contributed by atoms with Crippen molar-refractivity contribution in [1.82, 2.24) is 4.90 Å². The Labute approximate surface area is 139 Å². The standard InChI is InChI=1S/C21H24N2/c1-22(17-18-9-4-3-5-10-18)15-16-23(2)21-14-8-12-19-11-6-7-13-20(19)21/h3-14H,15-17H2,1-2H3. The molecule has 0 amide bonds. The lowest BCUT2D eigenvalue weighted by Gasteiger charge is -2.25. The molecule has 0 spiro atoms. The fourth-order valence-electron chi connectivity index (χ4n) is 2.96. The first-order valence-electron chi connectivity index (χ1n) is 8.15. The molecule has 0 atom stereocenters. The average molecular weight is 304 g/mol. The smallest absolute Gasteiger partial charge is 0.0443 e. The van der Waals surface area contributed by atoms with Crippen LogP contribution in [0.25, 0.3) is 10.8 Å². The summed E-state index contributed by atoms with van der Waals surface area (Å²) in [7, 11) is 4.36. The normalized spacial score (nSPS) is 11.1. The molecule has 0 N–H and O–H groups in total. The minimum atomic E-state index is 0.990. The van der Waals surface area contributed by atoms with Gasteiger partial charge in [-0.3, -0.25) is 0 Å². The molecule has 0 aliphatic heterocycles. The second kappa shape index (κ2) is 7.30. The third kappa shape index (κ3) is 3.91. The van der Waals surface area contributed by atoms with Crippen molar-refractivity contribution in [2.75, 3.05) is 32.1 Å². The molecule has 2 nitrogen and oxygen atoms in total. The Balaban J connectivity index is 1.63. The molecule has 0 fully saturated rings. The summed E-state index contributed by atoms with van der Waals surface area (Å²) in [5.74, 6) is 0. The summed E-state index contributed by atoms with van der Waals surface area (Å²) in [6.45, 7) is 3.04. The summed E-state index contributed by atoms with van der Waals surface area (Å²) in [5, 5.41) is 2.62. The van der Waals surface area contributed by atoms with Crippen LogP contribution in [0.5, 0.6) is 0 Å². The van der Waals surface area contributed by atoms with Crippen LogP contribution in [0.1, 0.15) is 5.56 Å². The predicted octanol–water partition coefficient (Wildman–Crippen LogP) is 4.41. The predicted molar refractivity (Wildman–Crippen MR) is 100.0 cm³/mol. The zero-order chi connectivity index (χ0) is 16.1. The van der Waals surface area contributed by atoms with Gasteiger partial charge in [0.1, 0.15) is 0 Å². The van der Waals surface area contributed by atoms with Gasteiger partial charge in [-0.2, -0.15) is 0 Å². The molecule has 118 valence electrons. The molecule has 0 aliphatic rings. The first kappa shape index (κ1) is 15.6. The Hall–Kier alpha value is -2.32. The minimum Gasteiger partial charge on any atom is -0.373 e. The minimum absolute atomic E-state index is 0.990. The summed E-state index contributed by atoms with van der Waals surface area (Å²) in [6, 6.07) is 25.8. The van der Waals surface area contributed by atoms with Crippen LogP contribution in [0.4, 0.5) is 5.69 Å². The first-order chi connectivity index (χ1) is 11.2. The van der Waals surface area contributed by atoms with Gasteiger partial charge in [0.15, 0.2) is 0 Å². The summed E-state index contributed by atoms with van der Waals surface area (Å²) in [5.41, 5.74) is 2.67. The van der Waals surface area contributed by atoms with E-state index in [4.69, 9.17) is 0 Å². The highest BCUT2D eigenvalue weighted by Gasteiger charge is 2.07. The second-order valence-electron chi connectivity index (χ2n) is 6.14. The van der Waals surface area contributed by atoms with Crippen molar-refractivity contribution in [1.29, 1.82) is 0 Å². The molecule has 0 heterocycles. The number of likely N-dealkylation sites (N-methyl/N-ethyl adjacent to an activating group) is 2. The van der Waals surface area contributed by atoms with E-state index in [1.807, 2.05) is 0 Å². The van der Waals surface area contributed by atoms with Crippen LogP contribution in [-0.4, -0.2) is 32.1 Å². The first-order valence-corrected chi connectivity index (χ1v) is 8.15. The van der Waals surface area contributed by atoms with Crippen LogP contribution < -0.4 is 4.90 Å². The molecule has 0 saturated carbocycles. The van der Waals surface area contributed by atoms with Gasteiger partial charge in [0, 0.05) is 37.8 Å². The van der Waals surface area contributed by atoms with Crippen molar-refractivity contribution in [2.24, 2.45) is 0 Å². The molecule has 0 aromatic heterocycles. The van der Waals surface area contributed by atoms with Gasteiger partial charge in [-0.05, 0) is 24.1 Å². The summed E-state index contributed by atoms with van der Waals surface area (Å²) in [4.78, 5) is 4.72. The molecule has 0 unspecified atom stereocenters. The fourth-order valence-corrected chi connectivity index (χ4v) is 2.96. The van der Waals surface area contributed by atoms with Crippen molar-refractivity contribution in [3.8, 4) is 0 Å². The van der Waals surface area contributed by atoms with E-state index in [1.54, 1.807) is 0 Å². The lowest BCUT2D eigenvalue weighted by molar-refractivity contribution is 0.334. The average Bonchev–Trinajstić information content (AvgIpc) is 2.60. The summed E-state index contributed by atoms with van der Waals surface area (Å²) in [6.07, 6.45) is 0. The topological polar surface area (TPSA) is 6.48 Å². The number of rotatable bonds is 6. The lowest BCUT2D eigenvalue weighted by Crippen LogP contribution is -2.30. The van der Waals surface area contributed by atoms with Gasteiger partial charge in [0.25, 0.3) is 0 Å². The number of benzene rings is 3. The Morgan fingerprint density at radius 3 is 2.22 bits per heavy atom. The van der Waals surface area contributed by atoms with Crippen molar-refractivity contribution >= 4 is 16.5 Å². The largest absolute Gasteiger partial charge is 0.373 e. The van der Waals surface area contributed by atoms with Crippen LogP contribution in [0, 0.1) is 0 Å². The molecular weight excluding hydrogens is 280 g/mol. The Morgan fingerprint density at radius 2 is 1.39 bits per heavy atom. The Bertz CT molecular complexity index is 747. The van der Waals surface area contributed by atoms with Crippen LogP contribution in [0.2, 0.25) is 0 Å². The van der Waals surface area contributed by atoms with Gasteiger partial charge >= 0.3 is 0 Å². The number of anilines is 1. The van der Waals surface area contributed by atoms with Gasteiger partial charge in [0.05, 0.1) is 0 Å². The van der Waals surface area contributed by atoms with Gasteiger partial charge in [-0.1, -0.05) is 66.7 Å². The second-order valence-corrected chi connectivity index (χ2v) is 6.14. The zero-order valence-electron chi connectivity index (χ0n) is 13.9. The molecule has 0 saturated heterocycles. The maximum atomic E-state index is 2.37. The Kier molecular flexibility index (Phi) is 4.94. The van der Waals surface area contributed by atoms with Gasteiger partial charge in [0.2, 0.25) is 0 Å². The molecule has 0 radical (unpaired) electrons. The quantitative estimate of drug-likeness (QED) is 0.665. The summed E-state index contributed by atoms with van der Waals surface area (Å²) >= 11 is 0. The van der Waals surface area contributed by atoms with E-state index in [0.717, 1.165) is 19.6 Å². The monoisotopic (exact) mass is 304 g/mol. The van der Waals surface area contributed by atoms with Crippen LogP contribution in [0.3, 0.4) is 0 Å². The molecular formula is C21H24N2. The van der Waals surface area contributed by atoms with Gasteiger partial charge in [-0.25, -0.2) is 0 Å². The number of hydrogen-bond donors (Lipinski definition) is 0. The van der Waals surface area contributed by atoms with Crippen LogP contribution in [-0.2, 0) is 6.54 Å².